The standard InChI is InChI=1S/C16H23N3O4/c1-3-4-12(2)17-16(20)14-11-13(19(21)22)5-6-15(14)18-7-9-23-10-8-18/h5-6,11-12H,3-4,7-10H2,1-2H3,(H,17,20). The lowest BCUT2D eigenvalue weighted by molar-refractivity contribution is -0.384. The Bertz CT molecular complexity index is 570. The second kappa shape index (κ2) is 7.92. The number of ether oxygens (including phenoxy) is 1. The molecule has 1 aliphatic rings. The molecule has 1 saturated heterocycles. The molecule has 0 aromatic heterocycles. The summed E-state index contributed by atoms with van der Waals surface area (Å²) in [6.07, 6.45) is 1.83. The van der Waals surface area contributed by atoms with Crippen molar-refractivity contribution in [3.63, 3.8) is 0 Å². The fourth-order valence-electron chi connectivity index (χ4n) is 2.71. The van der Waals surface area contributed by atoms with Crippen LogP contribution in [-0.4, -0.2) is 43.2 Å². The number of nitrogens with zero attached hydrogens (tertiary/aromatic N) is 2. The molecule has 1 fully saturated rings. The average Bonchev–Trinajstić information content (AvgIpc) is 2.55. The van der Waals surface area contributed by atoms with Gasteiger partial charge in [-0.25, -0.2) is 0 Å². The first-order valence-electron chi connectivity index (χ1n) is 7.95. The summed E-state index contributed by atoms with van der Waals surface area (Å²) in [5.74, 6) is -0.267. The molecule has 1 atom stereocenters. The van der Waals surface area contributed by atoms with Gasteiger partial charge < -0.3 is 15.0 Å². The molecule has 1 amide bonds. The number of carbonyl (C=O) groups excluding carboxylic acids is 1. The highest BCUT2D eigenvalue weighted by atomic mass is 16.6. The van der Waals surface area contributed by atoms with Gasteiger partial charge in [-0.15, -0.1) is 0 Å². The number of amides is 1. The number of carbonyl (C=O) groups is 1. The third-order valence-electron chi connectivity index (χ3n) is 3.89. The molecule has 1 unspecified atom stereocenters. The topological polar surface area (TPSA) is 84.7 Å². The van der Waals surface area contributed by atoms with Gasteiger partial charge >= 0.3 is 0 Å². The number of nitro groups is 1. The van der Waals surface area contributed by atoms with E-state index in [-0.39, 0.29) is 17.6 Å². The molecule has 126 valence electrons. The van der Waals surface area contributed by atoms with E-state index in [1.807, 2.05) is 11.8 Å². The Morgan fingerprint density at radius 2 is 2.13 bits per heavy atom. The SMILES string of the molecule is CCCC(C)NC(=O)c1cc([N+](=O)[O-])ccc1N1CCOCC1. The third-order valence-corrected chi connectivity index (χ3v) is 3.89. The molecule has 1 aromatic carbocycles. The minimum absolute atomic E-state index is 0.0318. The summed E-state index contributed by atoms with van der Waals surface area (Å²) < 4.78 is 5.33. The number of non-ortho nitro benzene ring substituents is 1. The zero-order valence-corrected chi connectivity index (χ0v) is 13.6. The lowest BCUT2D eigenvalue weighted by Crippen LogP contribution is -2.39. The van der Waals surface area contributed by atoms with Crippen molar-refractivity contribution in [1.82, 2.24) is 5.32 Å². The van der Waals surface area contributed by atoms with Crippen LogP contribution in [0, 0.1) is 10.1 Å². The van der Waals surface area contributed by atoms with Gasteiger partial charge in [-0.1, -0.05) is 13.3 Å². The Labute approximate surface area is 135 Å². The zero-order valence-electron chi connectivity index (χ0n) is 13.6. The minimum atomic E-state index is -0.477. The second-order valence-corrected chi connectivity index (χ2v) is 5.72. The van der Waals surface area contributed by atoms with E-state index in [1.54, 1.807) is 6.07 Å². The lowest BCUT2D eigenvalue weighted by Gasteiger charge is -2.30. The van der Waals surface area contributed by atoms with Crippen LogP contribution in [0.2, 0.25) is 0 Å². The molecular weight excluding hydrogens is 298 g/mol. The summed E-state index contributed by atoms with van der Waals surface area (Å²) in [4.78, 5) is 25.2. The van der Waals surface area contributed by atoms with Crippen LogP contribution in [0.25, 0.3) is 0 Å². The van der Waals surface area contributed by atoms with E-state index in [4.69, 9.17) is 4.74 Å². The molecule has 1 aliphatic heterocycles. The Kier molecular flexibility index (Phi) is 5.92. The number of rotatable bonds is 6. The van der Waals surface area contributed by atoms with E-state index in [2.05, 4.69) is 12.2 Å². The van der Waals surface area contributed by atoms with E-state index >= 15 is 0 Å². The number of anilines is 1. The molecule has 7 heteroatoms. The fraction of sp³-hybridized carbons (Fsp3) is 0.562. The molecule has 0 spiro atoms. The van der Waals surface area contributed by atoms with Gasteiger partial charge in [0.05, 0.1) is 29.4 Å². The third kappa shape index (κ3) is 4.41. The molecule has 0 saturated carbocycles. The largest absolute Gasteiger partial charge is 0.378 e. The van der Waals surface area contributed by atoms with Crippen molar-refractivity contribution < 1.29 is 14.5 Å². The quantitative estimate of drug-likeness (QED) is 0.642. The highest BCUT2D eigenvalue weighted by Gasteiger charge is 2.22. The van der Waals surface area contributed by atoms with Crippen LogP contribution >= 0.6 is 0 Å². The highest BCUT2D eigenvalue weighted by molar-refractivity contribution is 6.00. The number of nitro benzene ring substituents is 1. The van der Waals surface area contributed by atoms with Crippen molar-refractivity contribution in [2.45, 2.75) is 32.7 Å². The van der Waals surface area contributed by atoms with Crippen molar-refractivity contribution in [2.24, 2.45) is 0 Å². The molecule has 1 N–H and O–H groups in total. The number of benzene rings is 1. The maximum atomic E-state index is 12.6. The maximum absolute atomic E-state index is 12.6. The molecule has 2 rings (SSSR count). The molecule has 1 heterocycles. The van der Waals surface area contributed by atoms with Gasteiger partial charge in [0.1, 0.15) is 0 Å². The van der Waals surface area contributed by atoms with Crippen LogP contribution in [0.15, 0.2) is 18.2 Å². The van der Waals surface area contributed by atoms with Crippen molar-refractivity contribution in [2.75, 3.05) is 31.2 Å². The first kappa shape index (κ1) is 17.2. The summed E-state index contributed by atoms with van der Waals surface area (Å²) in [5, 5.41) is 14.0. The predicted octanol–water partition coefficient (Wildman–Crippen LogP) is 2.35. The van der Waals surface area contributed by atoms with Crippen molar-refractivity contribution >= 4 is 17.3 Å². The van der Waals surface area contributed by atoms with Crippen LogP contribution in [0.4, 0.5) is 11.4 Å². The predicted molar refractivity (Wildman–Crippen MR) is 88.0 cm³/mol. The minimum Gasteiger partial charge on any atom is -0.378 e. The monoisotopic (exact) mass is 321 g/mol. The zero-order chi connectivity index (χ0) is 16.8. The van der Waals surface area contributed by atoms with Crippen LogP contribution in [0.3, 0.4) is 0 Å². The Balaban J connectivity index is 2.30. The van der Waals surface area contributed by atoms with Gasteiger partial charge in [-0.05, 0) is 19.4 Å². The maximum Gasteiger partial charge on any atom is 0.270 e. The first-order valence-corrected chi connectivity index (χ1v) is 7.95. The smallest absolute Gasteiger partial charge is 0.270 e. The summed E-state index contributed by atoms with van der Waals surface area (Å²) in [6.45, 7) is 6.50. The van der Waals surface area contributed by atoms with E-state index in [1.165, 1.54) is 12.1 Å². The molecule has 0 bridgehead atoms. The van der Waals surface area contributed by atoms with E-state index in [0.717, 1.165) is 18.5 Å². The second-order valence-electron chi connectivity index (χ2n) is 5.72. The molecule has 23 heavy (non-hydrogen) atoms. The Morgan fingerprint density at radius 3 is 2.74 bits per heavy atom. The fourth-order valence-corrected chi connectivity index (χ4v) is 2.71. The van der Waals surface area contributed by atoms with Gasteiger partial charge in [0.25, 0.3) is 11.6 Å². The van der Waals surface area contributed by atoms with Crippen LogP contribution in [-0.2, 0) is 4.74 Å². The van der Waals surface area contributed by atoms with Gasteiger partial charge in [-0.2, -0.15) is 0 Å². The molecule has 0 radical (unpaired) electrons. The summed E-state index contributed by atoms with van der Waals surface area (Å²) in [6, 6.07) is 4.49. The van der Waals surface area contributed by atoms with E-state index < -0.39 is 4.92 Å². The summed E-state index contributed by atoms with van der Waals surface area (Å²) >= 11 is 0. The highest BCUT2D eigenvalue weighted by Crippen LogP contribution is 2.26. The number of nitrogens with one attached hydrogen (secondary N) is 1. The van der Waals surface area contributed by atoms with Gasteiger partial charge in [0.15, 0.2) is 0 Å². The molecule has 0 aliphatic carbocycles. The van der Waals surface area contributed by atoms with Crippen molar-refractivity contribution in [1.29, 1.82) is 0 Å². The van der Waals surface area contributed by atoms with Crippen molar-refractivity contribution in [3.8, 4) is 0 Å². The first-order chi connectivity index (χ1) is 11.0. The van der Waals surface area contributed by atoms with Crippen molar-refractivity contribution in [3.05, 3.63) is 33.9 Å². The lowest BCUT2D eigenvalue weighted by atomic mass is 10.1. The number of morpholine rings is 1. The number of hydrogen-bond acceptors (Lipinski definition) is 5. The Hall–Kier alpha value is -2.15. The van der Waals surface area contributed by atoms with Gasteiger partial charge in [-0.3, -0.25) is 14.9 Å². The Morgan fingerprint density at radius 1 is 1.43 bits per heavy atom. The van der Waals surface area contributed by atoms with E-state index in [0.29, 0.717) is 31.9 Å². The molecule has 7 nitrogen and oxygen atoms in total. The van der Waals surface area contributed by atoms with Crippen LogP contribution in [0.5, 0.6) is 0 Å². The van der Waals surface area contributed by atoms with E-state index in [9.17, 15) is 14.9 Å². The summed E-state index contributed by atoms with van der Waals surface area (Å²) in [5.41, 5.74) is 0.999. The molecule has 1 aromatic rings. The number of hydrogen-bond donors (Lipinski definition) is 1. The normalized spacial score (nSPS) is 16.0. The van der Waals surface area contributed by atoms with Crippen LogP contribution in [0.1, 0.15) is 37.0 Å². The van der Waals surface area contributed by atoms with Crippen LogP contribution < -0.4 is 10.2 Å². The average molecular weight is 321 g/mol. The summed E-state index contributed by atoms with van der Waals surface area (Å²) in [7, 11) is 0. The van der Waals surface area contributed by atoms with Gasteiger partial charge in [0, 0.05) is 31.3 Å². The molecular formula is C16H23N3O4. The van der Waals surface area contributed by atoms with Gasteiger partial charge in [0.2, 0.25) is 0 Å².